The summed E-state index contributed by atoms with van der Waals surface area (Å²) in [7, 11) is 0. The lowest BCUT2D eigenvalue weighted by Gasteiger charge is -2.20. The van der Waals surface area contributed by atoms with Crippen LogP contribution in [0.2, 0.25) is 0 Å². The molecule has 0 bridgehead atoms. The molecule has 1 atom stereocenters. The predicted octanol–water partition coefficient (Wildman–Crippen LogP) is 1.51. The SMILES string of the molecule is CC(C)C(CN)NC(=O)c1cc2ccccc2oc1=O. The van der Waals surface area contributed by atoms with Crippen LogP contribution in [0.3, 0.4) is 0 Å². The Morgan fingerprint density at radius 3 is 2.70 bits per heavy atom. The molecule has 0 fully saturated rings. The first-order chi connectivity index (χ1) is 9.52. The van der Waals surface area contributed by atoms with E-state index in [1.165, 1.54) is 0 Å². The zero-order chi connectivity index (χ0) is 14.7. The van der Waals surface area contributed by atoms with Crippen molar-refractivity contribution in [3.63, 3.8) is 0 Å². The van der Waals surface area contributed by atoms with E-state index in [1.807, 2.05) is 19.9 Å². The van der Waals surface area contributed by atoms with E-state index in [1.54, 1.807) is 24.3 Å². The lowest BCUT2D eigenvalue weighted by atomic mass is 10.0. The molecule has 1 aromatic heterocycles. The molecule has 0 saturated heterocycles. The normalized spacial score (nSPS) is 12.6. The molecule has 0 aliphatic heterocycles. The van der Waals surface area contributed by atoms with Gasteiger partial charge in [-0.3, -0.25) is 4.79 Å². The third-order valence-corrected chi connectivity index (χ3v) is 3.26. The average molecular weight is 274 g/mol. The predicted molar refractivity (Wildman–Crippen MR) is 77.6 cm³/mol. The standard InChI is InChI=1S/C15H18N2O3/c1-9(2)12(8-16)17-14(18)11-7-10-5-3-4-6-13(10)20-15(11)19/h3-7,9,12H,8,16H2,1-2H3,(H,17,18). The summed E-state index contributed by atoms with van der Waals surface area (Å²) in [6.07, 6.45) is 0. The highest BCUT2D eigenvalue weighted by atomic mass is 16.4. The van der Waals surface area contributed by atoms with Gasteiger partial charge in [-0.1, -0.05) is 32.0 Å². The number of nitrogens with one attached hydrogen (secondary N) is 1. The number of para-hydroxylation sites is 1. The van der Waals surface area contributed by atoms with E-state index in [2.05, 4.69) is 5.32 Å². The van der Waals surface area contributed by atoms with Gasteiger partial charge in [0.25, 0.3) is 5.91 Å². The third-order valence-electron chi connectivity index (χ3n) is 3.26. The molecular formula is C15H18N2O3. The summed E-state index contributed by atoms with van der Waals surface area (Å²) in [6.45, 7) is 4.24. The molecule has 5 heteroatoms. The quantitative estimate of drug-likeness (QED) is 0.827. The van der Waals surface area contributed by atoms with E-state index in [0.29, 0.717) is 17.5 Å². The van der Waals surface area contributed by atoms with Gasteiger partial charge in [-0.15, -0.1) is 0 Å². The molecule has 106 valence electrons. The van der Waals surface area contributed by atoms with Crippen LogP contribution in [0, 0.1) is 5.92 Å². The van der Waals surface area contributed by atoms with Crippen LogP contribution in [0.1, 0.15) is 24.2 Å². The molecule has 0 radical (unpaired) electrons. The van der Waals surface area contributed by atoms with Gasteiger partial charge in [-0.05, 0) is 18.1 Å². The average Bonchev–Trinajstić information content (AvgIpc) is 2.43. The Bertz CT molecular complexity index is 676. The fourth-order valence-corrected chi connectivity index (χ4v) is 1.96. The molecule has 0 saturated carbocycles. The summed E-state index contributed by atoms with van der Waals surface area (Å²) in [5.74, 6) is -0.259. The summed E-state index contributed by atoms with van der Waals surface area (Å²) in [4.78, 5) is 24.0. The fraction of sp³-hybridized carbons (Fsp3) is 0.333. The highest BCUT2D eigenvalue weighted by Crippen LogP contribution is 2.12. The smallest absolute Gasteiger partial charge is 0.349 e. The van der Waals surface area contributed by atoms with Crippen LogP contribution < -0.4 is 16.7 Å². The lowest BCUT2D eigenvalue weighted by molar-refractivity contribution is 0.0924. The molecule has 20 heavy (non-hydrogen) atoms. The molecular weight excluding hydrogens is 256 g/mol. The number of amides is 1. The van der Waals surface area contributed by atoms with Gasteiger partial charge < -0.3 is 15.5 Å². The third kappa shape index (κ3) is 2.88. The van der Waals surface area contributed by atoms with Crippen molar-refractivity contribution in [2.45, 2.75) is 19.9 Å². The molecule has 5 nitrogen and oxygen atoms in total. The van der Waals surface area contributed by atoms with Crippen molar-refractivity contribution in [3.05, 3.63) is 46.3 Å². The van der Waals surface area contributed by atoms with Crippen molar-refractivity contribution in [1.82, 2.24) is 5.32 Å². The van der Waals surface area contributed by atoms with Crippen LogP contribution in [0.4, 0.5) is 0 Å². The minimum absolute atomic E-state index is 0.00259. The summed E-state index contributed by atoms with van der Waals surface area (Å²) in [5, 5.41) is 3.48. The minimum Gasteiger partial charge on any atom is -0.422 e. The number of hydrogen-bond acceptors (Lipinski definition) is 4. The zero-order valence-corrected chi connectivity index (χ0v) is 11.6. The van der Waals surface area contributed by atoms with Gasteiger partial charge in [0.05, 0.1) is 0 Å². The zero-order valence-electron chi connectivity index (χ0n) is 11.6. The second-order valence-corrected chi connectivity index (χ2v) is 5.05. The number of carbonyl (C=O) groups excluding carboxylic acids is 1. The summed E-state index contributed by atoms with van der Waals surface area (Å²) in [6, 6.07) is 8.44. The number of rotatable bonds is 4. The Hall–Kier alpha value is -2.14. The van der Waals surface area contributed by atoms with E-state index in [0.717, 1.165) is 0 Å². The Morgan fingerprint density at radius 2 is 2.05 bits per heavy atom. The van der Waals surface area contributed by atoms with Gasteiger partial charge in [0, 0.05) is 18.0 Å². The molecule has 3 N–H and O–H groups in total. The molecule has 0 spiro atoms. The Balaban J connectivity index is 2.35. The maximum absolute atomic E-state index is 12.2. The summed E-state index contributed by atoms with van der Waals surface area (Å²) >= 11 is 0. The summed E-state index contributed by atoms with van der Waals surface area (Å²) in [5.41, 5.74) is 5.44. The van der Waals surface area contributed by atoms with Gasteiger partial charge in [-0.2, -0.15) is 0 Å². The molecule has 0 aliphatic carbocycles. The van der Waals surface area contributed by atoms with Crippen molar-refractivity contribution in [1.29, 1.82) is 0 Å². The maximum Gasteiger partial charge on any atom is 0.349 e. The van der Waals surface area contributed by atoms with Crippen LogP contribution in [0.15, 0.2) is 39.5 Å². The number of benzene rings is 1. The van der Waals surface area contributed by atoms with Crippen LogP contribution in [0.25, 0.3) is 11.0 Å². The van der Waals surface area contributed by atoms with Gasteiger partial charge in [0.1, 0.15) is 11.1 Å². The second-order valence-electron chi connectivity index (χ2n) is 5.05. The number of fused-ring (bicyclic) bond motifs is 1. The van der Waals surface area contributed by atoms with Crippen molar-refractivity contribution >= 4 is 16.9 Å². The molecule has 2 rings (SSSR count). The Kier molecular flexibility index (Phi) is 4.20. The first-order valence-corrected chi connectivity index (χ1v) is 6.56. The van der Waals surface area contributed by atoms with Crippen molar-refractivity contribution in [2.24, 2.45) is 11.7 Å². The van der Waals surface area contributed by atoms with Crippen LogP contribution >= 0.6 is 0 Å². The monoisotopic (exact) mass is 274 g/mol. The van der Waals surface area contributed by atoms with Crippen molar-refractivity contribution in [2.75, 3.05) is 6.54 Å². The molecule has 1 heterocycles. The summed E-state index contributed by atoms with van der Waals surface area (Å²) < 4.78 is 5.14. The molecule has 1 unspecified atom stereocenters. The maximum atomic E-state index is 12.2. The highest BCUT2D eigenvalue weighted by Gasteiger charge is 2.19. The minimum atomic E-state index is -0.638. The second kappa shape index (κ2) is 5.88. The van der Waals surface area contributed by atoms with Gasteiger partial charge >= 0.3 is 5.63 Å². The Morgan fingerprint density at radius 1 is 1.35 bits per heavy atom. The van der Waals surface area contributed by atoms with E-state index in [9.17, 15) is 9.59 Å². The number of carbonyl (C=O) groups is 1. The topological polar surface area (TPSA) is 85.3 Å². The fourth-order valence-electron chi connectivity index (χ4n) is 1.96. The molecule has 2 aromatic rings. The van der Waals surface area contributed by atoms with Crippen molar-refractivity contribution < 1.29 is 9.21 Å². The Labute approximate surface area is 116 Å². The number of nitrogens with two attached hydrogens (primary N) is 1. The van der Waals surface area contributed by atoms with E-state index < -0.39 is 11.5 Å². The van der Waals surface area contributed by atoms with E-state index >= 15 is 0 Å². The van der Waals surface area contributed by atoms with Gasteiger partial charge in [0.2, 0.25) is 0 Å². The largest absolute Gasteiger partial charge is 0.422 e. The molecule has 0 aliphatic rings. The van der Waals surface area contributed by atoms with E-state index in [4.69, 9.17) is 10.2 Å². The molecule has 1 aromatic carbocycles. The first-order valence-electron chi connectivity index (χ1n) is 6.56. The van der Waals surface area contributed by atoms with Gasteiger partial charge in [-0.25, -0.2) is 4.79 Å². The van der Waals surface area contributed by atoms with Crippen molar-refractivity contribution in [3.8, 4) is 0 Å². The van der Waals surface area contributed by atoms with Crippen LogP contribution in [0.5, 0.6) is 0 Å². The molecule has 1 amide bonds. The van der Waals surface area contributed by atoms with E-state index in [-0.39, 0.29) is 17.5 Å². The first kappa shape index (κ1) is 14.3. The van der Waals surface area contributed by atoms with Crippen LogP contribution in [-0.4, -0.2) is 18.5 Å². The highest BCUT2D eigenvalue weighted by molar-refractivity contribution is 5.96. The number of hydrogen-bond donors (Lipinski definition) is 2. The lowest BCUT2D eigenvalue weighted by Crippen LogP contribution is -2.44. The van der Waals surface area contributed by atoms with Gasteiger partial charge in [0.15, 0.2) is 0 Å². The van der Waals surface area contributed by atoms with Crippen LogP contribution in [-0.2, 0) is 0 Å².